The number of hydrogen-bond donors (Lipinski definition) is 0. The fourth-order valence-corrected chi connectivity index (χ4v) is 1.93. The Morgan fingerprint density at radius 1 is 1.36 bits per heavy atom. The summed E-state index contributed by atoms with van der Waals surface area (Å²) in [5.74, 6) is 0. The Morgan fingerprint density at radius 2 is 2.09 bits per heavy atom. The minimum absolute atomic E-state index is 0.0458. The van der Waals surface area contributed by atoms with Gasteiger partial charge in [-0.25, -0.2) is 0 Å². The van der Waals surface area contributed by atoms with E-state index in [2.05, 4.69) is 37.6 Å². The van der Waals surface area contributed by atoms with Crippen molar-refractivity contribution in [3.8, 4) is 0 Å². The molecule has 1 aromatic rings. The van der Waals surface area contributed by atoms with Gasteiger partial charge in [0.05, 0.1) is 5.44 Å². The second-order valence-electron chi connectivity index (χ2n) is 2.89. The number of nitrogens with zero attached hydrogens (tertiary/aromatic N) is 1. The molecule has 0 fully saturated rings. The molecule has 0 aliphatic rings. The van der Waals surface area contributed by atoms with Gasteiger partial charge in [0.1, 0.15) is 0 Å². The van der Waals surface area contributed by atoms with Crippen LogP contribution < -0.4 is 5.44 Å². The third-order valence-electron chi connectivity index (χ3n) is 1.79. The Bertz CT molecular complexity index is 208. The minimum atomic E-state index is -0.0458. The van der Waals surface area contributed by atoms with E-state index in [1.807, 2.05) is 12.3 Å². The molecule has 0 saturated carbocycles. The summed E-state index contributed by atoms with van der Waals surface area (Å²) in [6.45, 7) is 6.78. The van der Waals surface area contributed by atoms with Crippen LogP contribution in [0.2, 0.25) is 0 Å². The van der Waals surface area contributed by atoms with Crippen LogP contribution in [0.15, 0.2) is 24.4 Å². The molecule has 0 bridgehead atoms. The number of pyridine rings is 1. The van der Waals surface area contributed by atoms with Crippen molar-refractivity contribution >= 4 is 13.4 Å². The summed E-state index contributed by atoms with van der Waals surface area (Å²) in [4.78, 5) is 4.33. The second kappa shape index (κ2) is 3.82. The van der Waals surface area contributed by atoms with Gasteiger partial charge < -0.3 is 0 Å². The first-order valence-electron chi connectivity index (χ1n) is 3.85. The molecular formula is C9H14NP. The molecule has 1 heterocycles. The monoisotopic (exact) mass is 167 g/mol. The van der Waals surface area contributed by atoms with E-state index >= 15 is 0 Å². The summed E-state index contributed by atoms with van der Waals surface area (Å²) in [6, 6.07) is 6.14. The first-order valence-corrected chi connectivity index (χ1v) is 5.71. The predicted octanol–water partition coefficient (Wildman–Crippen LogP) is 2.23. The van der Waals surface area contributed by atoms with E-state index in [1.165, 1.54) is 5.44 Å². The smallest absolute Gasteiger partial charge is 0.0630 e. The fourth-order valence-electron chi connectivity index (χ4n) is 0.827. The highest BCUT2D eigenvalue weighted by Gasteiger charge is 2.08. The lowest BCUT2D eigenvalue weighted by Crippen LogP contribution is -2.09. The highest BCUT2D eigenvalue weighted by Crippen LogP contribution is 2.33. The molecular weight excluding hydrogens is 153 g/mol. The van der Waals surface area contributed by atoms with Crippen LogP contribution >= 0.6 is 7.92 Å². The summed E-state index contributed by atoms with van der Waals surface area (Å²) >= 11 is 0. The van der Waals surface area contributed by atoms with Crippen LogP contribution in [0, 0.1) is 0 Å². The first kappa shape index (κ1) is 8.67. The van der Waals surface area contributed by atoms with Crippen molar-refractivity contribution in [3.05, 3.63) is 24.4 Å². The van der Waals surface area contributed by atoms with Crippen LogP contribution in [0.1, 0.15) is 13.8 Å². The van der Waals surface area contributed by atoms with Crippen LogP contribution in [0.3, 0.4) is 0 Å². The van der Waals surface area contributed by atoms with Crippen molar-refractivity contribution in [1.82, 2.24) is 4.98 Å². The molecule has 1 rings (SSSR count). The molecule has 0 N–H and O–H groups in total. The fraction of sp³-hybridized carbons (Fsp3) is 0.444. The van der Waals surface area contributed by atoms with Gasteiger partial charge in [-0.05, 0) is 24.5 Å². The van der Waals surface area contributed by atoms with Crippen LogP contribution in [0.5, 0.6) is 0 Å². The maximum absolute atomic E-state index is 4.33. The van der Waals surface area contributed by atoms with E-state index in [1.54, 1.807) is 0 Å². The van der Waals surface area contributed by atoms with Gasteiger partial charge in [0, 0.05) is 6.20 Å². The standard InChI is InChI=1S/C9H14NP/c1-8(2)11(3)9-6-4-5-7-10-9/h4-8H,1-3H3. The van der Waals surface area contributed by atoms with Crippen molar-refractivity contribution < 1.29 is 0 Å². The molecule has 0 amide bonds. The molecule has 2 heteroatoms. The molecule has 0 aliphatic carbocycles. The predicted molar refractivity (Wildman–Crippen MR) is 51.9 cm³/mol. The zero-order valence-electron chi connectivity index (χ0n) is 7.28. The van der Waals surface area contributed by atoms with Crippen molar-refractivity contribution in [1.29, 1.82) is 0 Å². The number of aromatic nitrogens is 1. The van der Waals surface area contributed by atoms with Crippen molar-refractivity contribution in [3.63, 3.8) is 0 Å². The van der Waals surface area contributed by atoms with Gasteiger partial charge in [-0.1, -0.05) is 27.8 Å². The Balaban J connectivity index is 2.77. The third-order valence-corrected chi connectivity index (χ3v) is 4.32. The molecule has 1 aromatic heterocycles. The largest absolute Gasteiger partial charge is 0.257 e. The third kappa shape index (κ3) is 2.27. The Kier molecular flexibility index (Phi) is 3.02. The van der Waals surface area contributed by atoms with E-state index in [-0.39, 0.29) is 7.92 Å². The van der Waals surface area contributed by atoms with Gasteiger partial charge >= 0.3 is 0 Å². The summed E-state index contributed by atoms with van der Waals surface area (Å²) in [7, 11) is -0.0458. The lowest BCUT2D eigenvalue weighted by atomic mass is 10.5. The van der Waals surface area contributed by atoms with Gasteiger partial charge in [-0.2, -0.15) is 0 Å². The minimum Gasteiger partial charge on any atom is -0.257 e. The van der Waals surface area contributed by atoms with Gasteiger partial charge in [0.15, 0.2) is 0 Å². The Hall–Kier alpha value is -0.420. The number of hydrogen-bond acceptors (Lipinski definition) is 1. The van der Waals surface area contributed by atoms with E-state index in [9.17, 15) is 0 Å². The van der Waals surface area contributed by atoms with E-state index < -0.39 is 0 Å². The first-order chi connectivity index (χ1) is 5.22. The van der Waals surface area contributed by atoms with Gasteiger partial charge in [0.2, 0.25) is 0 Å². The van der Waals surface area contributed by atoms with Gasteiger partial charge in [0.25, 0.3) is 0 Å². The SMILES string of the molecule is CC(C)P(C)c1ccccn1. The summed E-state index contributed by atoms with van der Waals surface area (Å²) in [5.41, 5.74) is 2.00. The maximum Gasteiger partial charge on any atom is 0.0630 e. The molecule has 0 aromatic carbocycles. The summed E-state index contributed by atoms with van der Waals surface area (Å²) in [6.07, 6.45) is 1.87. The number of rotatable bonds is 2. The second-order valence-corrected chi connectivity index (χ2v) is 5.61. The van der Waals surface area contributed by atoms with Crippen molar-refractivity contribution in [2.75, 3.05) is 6.66 Å². The zero-order chi connectivity index (χ0) is 8.27. The molecule has 60 valence electrons. The van der Waals surface area contributed by atoms with Gasteiger partial charge in [-0.15, -0.1) is 0 Å². The highest BCUT2D eigenvalue weighted by molar-refractivity contribution is 7.65. The van der Waals surface area contributed by atoms with Crippen molar-refractivity contribution in [2.24, 2.45) is 0 Å². The van der Waals surface area contributed by atoms with Crippen LogP contribution in [-0.2, 0) is 0 Å². The lowest BCUT2D eigenvalue weighted by molar-refractivity contribution is 1.10. The van der Waals surface area contributed by atoms with E-state index in [4.69, 9.17) is 0 Å². The molecule has 1 atom stereocenters. The molecule has 0 radical (unpaired) electrons. The Morgan fingerprint density at radius 3 is 2.55 bits per heavy atom. The molecule has 11 heavy (non-hydrogen) atoms. The maximum atomic E-state index is 4.33. The highest BCUT2D eigenvalue weighted by atomic mass is 31.1. The topological polar surface area (TPSA) is 12.9 Å². The van der Waals surface area contributed by atoms with E-state index in [0.29, 0.717) is 0 Å². The quantitative estimate of drug-likeness (QED) is 0.615. The Labute approximate surface area is 69.6 Å². The zero-order valence-corrected chi connectivity index (χ0v) is 8.18. The van der Waals surface area contributed by atoms with Crippen molar-refractivity contribution in [2.45, 2.75) is 19.5 Å². The molecule has 0 spiro atoms. The molecule has 1 nitrogen and oxygen atoms in total. The van der Waals surface area contributed by atoms with Crippen LogP contribution in [-0.4, -0.2) is 17.3 Å². The summed E-state index contributed by atoms with van der Waals surface area (Å²) in [5, 5.41) is 0. The average molecular weight is 167 g/mol. The van der Waals surface area contributed by atoms with Gasteiger partial charge in [-0.3, -0.25) is 4.98 Å². The molecule has 0 saturated heterocycles. The molecule has 1 unspecified atom stereocenters. The van der Waals surface area contributed by atoms with E-state index in [0.717, 1.165) is 5.66 Å². The molecule has 0 aliphatic heterocycles. The van der Waals surface area contributed by atoms with Crippen LogP contribution in [0.25, 0.3) is 0 Å². The average Bonchev–Trinajstić information content (AvgIpc) is 2.05. The van der Waals surface area contributed by atoms with Crippen LogP contribution in [0.4, 0.5) is 0 Å². The lowest BCUT2D eigenvalue weighted by Gasteiger charge is -2.14. The summed E-state index contributed by atoms with van der Waals surface area (Å²) < 4.78 is 0. The normalized spacial score (nSPS) is 13.5.